The third-order valence-electron chi connectivity index (χ3n) is 5.37. The van der Waals surface area contributed by atoms with Crippen LogP contribution in [0.2, 0.25) is 5.02 Å². The number of halogens is 1. The van der Waals surface area contributed by atoms with E-state index in [9.17, 15) is 4.79 Å². The number of nitrogens with zero attached hydrogens (tertiary/aromatic N) is 1. The minimum atomic E-state index is -0.423. The van der Waals surface area contributed by atoms with E-state index >= 15 is 0 Å². The second-order valence-corrected chi connectivity index (χ2v) is 9.36. The predicted octanol–water partition coefficient (Wildman–Crippen LogP) is 7.32. The molecule has 1 aromatic heterocycles. The van der Waals surface area contributed by atoms with Gasteiger partial charge in [-0.15, -0.1) is 0 Å². The van der Waals surface area contributed by atoms with Gasteiger partial charge in [-0.1, -0.05) is 54.1 Å². The molecular weight excluding hydrogens is 454 g/mol. The molecule has 3 aromatic carbocycles. The summed E-state index contributed by atoms with van der Waals surface area (Å²) >= 11 is 7.77. The van der Waals surface area contributed by atoms with Gasteiger partial charge in [-0.05, 0) is 73.7 Å². The molecule has 0 spiro atoms. The van der Waals surface area contributed by atoms with E-state index in [1.807, 2.05) is 37.3 Å². The standard InChI is InChI=1S/C27H26ClNO3S/c1-3-31-27(30)26-19(2)24-17-23(13-14-25(24)32-26)33-29(16-15-20-7-5-4-6-8-20)18-21-9-11-22(28)12-10-21/h4-14,17H,3,15-16,18H2,1-2H3. The summed E-state index contributed by atoms with van der Waals surface area (Å²) in [6, 6.07) is 24.5. The second-order valence-electron chi connectivity index (χ2n) is 7.75. The maximum atomic E-state index is 12.2. The minimum absolute atomic E-state index is 0.274. The van der Waals surface area contributed by atoms with Gasteiger partial charge in [0.25, 0.3) is 0 Å². The zero-order valence-corrected chi connectivity index (χ0v) is 20.3. The van der Waals surface area contributed by atoms with Crippen molar-refractivity contribution in [3.63, 3.8) is 0 Å². The van der Waals surface area contributed by atoms with Crippen LogP contribution in [0.15, 0.2) is 82.1 Å². The topological polar surface area (TPSA) is 42.7 Å². The number of carbonyl (C=O) groups excluding carboxylic acids is 1. The Hall–Kier alpha value is -2.73. The smallest absolute Gasteiger partial charge is 0.374 e. The average Bonchev–Trinajstić information content (AvgIpc) is 3.16. The van der Waals surface area contributed by atoms with Crippen LogP contribution in [0.1, 0.15) is 34.2 Å². The van der Waals surface area contributed by atoms with Gasteiger partial charge in [0.1, 0.15) is 5.58 Å². The lowest BCUT2D eigenvalue weighted by molar-refractivity contribution is 0.0491. The normalized spacial score (nSPS) is 11.3. The molecule has 0 aliphatic rings. The fourth-order valence-electron chi connectivity index (χ4n) is 3.65. The van der Waals surface area contributed by atoms with Gasteiger partial charge in [0.2, 0.25) is 5.76 Å². The van der Waals surface area contributed by atoms with E-state index < -0.39 is 5.97 Å². The largest absolute Gasteiger partial charge is 0.460 e. The highest BCUT2D eigenvalue weighted by atomic mass is 35.5. The Bertz CT molecular complexity index is 1220. The Balaban J connectivity index is 1.56. The summed E-state index contributed by atoms with van der Waals surface area (Å²) in [4.78, 5) is 13.3. The highest BCUT2D eigenvalue weighted by molar-refractivity contribution is 7.97. The molecule has 0 unspecified atom stereocenters. The first-order valence-electron chi connectivity index (χ1n) is 10.9. The molecule has 170 valence electrons. The number of hydrogen-bond acceptors (Lipinski definition) is 5. The van der Waals surface area contributed by atoms with E-state index in [0.717, 1.165) is 40.4 Å². The van der Waals surface area contributed by atoms with Crippen molar-refractivity contribution < 1.29 is 13.9 Å². The molecule has 0 aliphatic heterocycles. The first-order valence-corrected chi connectivity index (χ1v) is 12.1. The van der Waals surface area contributed by atoms with Crippen molar-refractivity contribution in [3.8, 4) is 0 Å². The molecule has 0 radical (unpaired) electrons. The molecule has 4 nitrogen and oxygen atoms in total. The monoisotopic (exact) mass is 479 g/mol. The molecule has 4 rings (SSSR count). The van der Waals surface area contributed by atoms with Crippen LogP contribution in [0.5, 0.6) is 0 Å². The summed E-state index contributed by atoms with van der Waals surface area (Å²) in [5.74, 6) is -0.149. The number of furan rings is 1. The van der Waals surface area contributed by atoms with E-state index in [-0.39, 0.29) is 5.76 Å². The number of rotatable bonds is 9. The third kappa shape index (κ3) is 5.99. The summed E-state index contributed by atoms with van der Waals surface area (Å²) in [6.07, 6.45) is 0.946. The van der Waals surface area contributed by atoms with Crippen molar-refractivity contribution in [2.24, 2.45) is 0 Å². The highest BCUT2D eigenvalue weighted by Crippen LogP contribution is 2.32. The van der Waals surface area contributed by atoms with Gasteiger partial charge in [0.05, 0.1) is 6.61 Å². The van der Waals surface area contributed by atoms with Crippen LogP contribution >= 0.6 is 23.5 Å². The van der Waals surface area contributed by atoms with Crippen molar-refractivity contribution >= 4 is 40.5 Å². The van der Waals surface area contributed by atoms with E-state index in [1.54, 1.807) is 18.9 Å². The van der Waals surface area contributed by atoms with Gasteiger partial charge in [0, 0.05) is 34.0 Å². The first-order chi connectivity index (χ1) is 16.0. The Morgan fingerprint density at radius 2 is 1.79 bits per heavy atom. The lowest BCUT2D eigenvalue weighted by Gasteiger charge is -2.21. The van der Waals surface area contributed by atoms with Gasteiger partial charge >= 0.3 is 5.97 Å². The van der Waals surface area contributed by atoms with Crippen molar-refractivity contribution in [1.29, 1.82) is 0 Å². The second kappa shape index (κ2) is 10.9. The highest BCUT2D eigenvalue weighted by Gasteiger charge is 2.19. The van der Waals surface area contributed by atoms with Crippen LogP contribution in [0, 0.1) is 6.92 Å². The number of esters is 1. The fraction of sp³-hybridized carbons (Fsp3) is 0.222. The molecule has 0 bridgehead atoms. The molecule has 4 aromatic rings. The lowest BCUT2D eigenvalue weighted by Crippen LogP contribution is -2.18. The number of carbonyl (C=O) groups is 1. The minimum Gasteiger partial charge on any atom is -0.460 e. The molecule has 0 amide bonds. The van der Waals surface area contributed by atoms with Crippen molar-refractivity contribution in [2.75, 3.05) is 13.2 Å². The number of fused-ring (bicyclic) bond motifs is 1. The van der Waals surface area contributed by atoms with Crippen LogP contribution in [0.4, 0.5) is 0 Å². The summed E-state index contributed by atoms with van der Waals surface area (Å²) in [5.41, 5.74) is 4.00. The molecule has 0 saturated heterocycles. The number of hydrogen-bond donors (Lipinski definition) is 0. The van der Waals surface area contributed by atoms with Crippen molar-refractivity contribution in [3.05, 3.63) is 100 Å². The molecule has 0 N–H and O–H groups in total. The summed E-state index contributed by atoms with van der Waals surface area (Å²) in [5, 5.41) is 1.66. The van der Waals surface area contributed by atoms with Gasteiger partial charge in [-0.3, -0.25) is 0 Å². The number of benzene rings is 3. The SMILES string of the molecule is CCOC(=O)c1oc2ccc(SN(CCc3ccccc3)Cc3ccc(Cl)cc3)cc2c1C. The van der Waals surface area contributed by atoms with E-state index in [0.29, 0.717) is 12.2 Å². The Morgan fingerprint density at radius 3 is 2.52 bits per heavy atom. The maximum absolute atomic E-state index is 12.2. The average molecular weight is 480 g/mol. The molecule has 1 heterocycles. The third-order valence-corrected chi connectivity index (χ3v) is 6.65. The fourth-order valence-corrected chi connectivity index (χ4v) is 4.77. The van der Waals surface area contributed by atoms with Gasteiger partial charge in [-0.2, -0.15) is 0 Å². The number of ether oxygens (including phenoxy) is 1. The lowest BCUT2D eigenvalue weighted by atomic mass is 10.1. The Morgan fingerprint density at radius 1 is 1.03 bits per heavy atom. The zero-order chi connectivity index (χ0) is 23.2. The van der Waals surface area contributed by atoms with E-state index in [1.165, 1.54) is 11.1 Å². The molecule has 33 heavy (non-hydrogen) atoms. The van der Waals surface area contributed by atoms with Crippen LogP contribution in [0.3, 0.4) is 0 Å². The van der Waals surface area contributed by atoms with E-state index in [2.05, 4.69) is 46.8 Å². The van der Waals surface area contributed by atoms with Gasteiger partial charge < -0.3 is 9.15 Å². The molecule has 0 atom stereocenters. The Labute approximate surface area is 203 Å². The molecule has 0 saturated carbocycles. The van der Waals surface area contributed by atoms with Crippen molar-refractivity contribution in [2.45, 2.75) is 31.7 Å². The van der Waals surface area contributed by atoms with Crippen LogP contribution in [-0.4, -0.2) is 23.4 Å². The van der Waals surface area contributed by atoms with Crippen molar-refractivity contribution in [1.82, 2.24) is 4.31 Å². The van der Waals surface area contributed by atoms with Gasteiger partial charge in [-0.25, -0.2) is 9.10 Å². The quantitative estimate of drug-likeness (QED) is 0.186. The number of aryl methyl sites for hydroxylation is 1. The molecular formula is C27H26ClNO3S. The van der Waals surface area contributed by atoms with E-state index in [4.69, 9.17) is 20.8 Å². The van der Waals surface area contributed by atoms with Gasteiger partial charge in [0.15, 0.2) is 0 Å². The van der Waals surface area contributed by atoms with Crippen LogP contribution < -0.4 is 0 Å². The maximum Gasteiger partial charge on any atom is 0.374 e. The first kappa shape index (κ1) is 23.4. The van der Waals surface area contributed by atoms with Crippen LogP contribution in [0.25, 0.3) is 11.0 Å². The molecule has 0 fully saturated rings. The summed E-state index contributed by atoms with van der Waals surface area (Å²) in [6.45, 7) is 5.67. The summed E-state index contributed by atoms with van der Waals surface area (Å²) in [7, 11) is 0. The van der Waals surface area contributed by atoms with Crippen LogP contribution in [-0.2, 0) is 17.7 Å². The Kier molecular flexibility index (Phi) is 7.76. The zero-order valence-electron chi connectivity index (χ0n) is 18.7. The summed E-state index contributed by atoms with van der Waals surface area (Å²) < 4.78 is 13.2. The predicted molar refractivity (Wildman–Crippen MR) is 135 cm³/mol. The molecule has 0 aliphatic carbocycles. The molecule has 6 heteroatoms.